The van der Waals surface area contributed by atoms with Crippen LogP contribution < -0.4 is 15.0 Å². The molecule has 164 valence electrons. The molecule has 0 saturated carbocycles. The monoisotopic (exact) mass is 458 g/mol. The van der Waals surface area contributed by atoms with Crippen molar-refractivity contribution in [1.29, 1.82) is 0 Å². The first-order valence-corrected chi connectivity index (χ1v) is 10.4. The molecule has 1 aromatic heterocycles. The highest BCUT2D eigenvalue weighted by Crippen LogP contribution is 2.36. The maximum atomic E-state index is 13.3. The van der Waals surface area contributed by atoms with Gasteiger partial charge in [0.25, 0.3) is 11.8 Å². The summed E-state index contributed by atoms with van der Waals surface area (Å²) >= 11 is 1.31. The number of benzene rings is 2. The van der Waals surface area contributed by atoms with Crippen molar-refractivity contribution >= 4 is 40.1 Å². The van der Waals surface area contributed by atoms with Gasteiger partial charge in [-0.2, -0.15) is 0 Å². The SMILES string of the molecule is Cc1ccc(N2C(=O)C(Nc3ccc(OC(F)(F)F)cc3)=C(c3cccs3)C2=O)cc1C. The molecule has 2 heterocycles. The van der Waals surface area contributed by atoms with Crippen LogP contribution in [-0.2, 0) is 9.59 Å². The fourth-order valence-electron chi connectivity index (χ4n) is 3.28. The first-order chi connectivity index (χ1) is 15.1. The molecule has 0 aliphatic carbocycles. The Morgan fingerprint density at radius 2 is 1.66 bits per heavy atom. The van der Waals surface area contributed by atoms with Crippen molar-refractivity contribution in [2.75, 3.05) is 10.2 Å². The van der Waals surface area contributed by atoms with Gasteiger partial charge in [-0.1, -0.05) is 12.1 Å². The van der Waals surface area contributed by atoms with Gasteiger partial charge < -0.3 is 10.1 Å². The number of nitrogens with one attached hydrogen (secondary N) is 1. The van der Waals surface area contributed by atoms with Crippen molar-refractivity contribution < 1.29 is 27.5 Å². The minimum Gasteiger partial charge on any atom is -0.406 e. The van der Waals surface area contributed by atoms with E-state index in [9.17, 15) is 22.8 Å². The minimum atomic E-state index is -4.80. The Labute approximate surface area is 185 Å². The summed E-state index contributed by atoms with van der Waals surface area (Å²) in [5, 5.41) is 4.70. The van der Waals surface area contributed by atoms with Crippen molar-refractivity contribution in [3.63, 3.8) is 0 Å². The van der Waals surface area contributed by atoms with Crippen LogP contribution in [0.3, 0.4) is 0 Å². The highest BCUT2D eigenvalue weighted by Gasteiger charge is 2.40. The molecule has 3 aromatic rings. The zero-order valence-corrected chi connectivity index (χ0v) is 17.8. The van der Waals surface area contributed by atoms with E-state index in [0.29, 0.717) is 16.3 Å². The summed E-state index contributed by atoms with van der Waals surface area (Å²) in [6, 6.07) is 13.8. The normalized spacial score (nSPS) is 14.3. The van der Waals surface area contributed by atoms with Crippen LogP contribution in [0.25, 0.3) is 5.57 Å². The van der Waals surface area contributed by atoms with Gasteiger partial charge in [0.05, 0.1) is 11.3 Å². The van der Waals surface area contributed by atoms with Gasteiger partial charge in [-0.15, -0.1) is 24.5 Å². The summed E-state index contributed by atoms with van der Waals surface area (Å²) in [5.41, 5.74) is 3.01. The van der Waals surface area contributed by atoms with Crippen molar-refractivity contribution in [2.24, 2.45) is 0 Å². The standard InChI is InChI=1S/C23H17F3N2O3S/c1-13-5-8-16(12-14(13)2)28-21(29)19(18-4-3-11-32-18)20(22(28)30)27-15-6-9-17(10-7-15)31-23(24,25)26/h3-12,27H,1-2H3. The van der Waals surface area contributed by atoms with Crippen LogP contribution in [-0.4, -0.2) is 18.2 Å². The molecule has 5 nitrogen and oxygen atoms in total. The maximum Gasteiger partial charge on any atom is 0.573 e. The van der Waals surface area contributed by atoms with Crippen molar-refractivity contribution in [3.8, 4) is 5.75 Å². The van der Waals surface area contributed by atoms with E-state index < -0.39 is 18.2 Å². The fraction of sp³-hybridized carbons (Fsp3) is 0.130. The number of aryl methyl sites for hydroxylation is 2. The third-order valence-corrected chi connectivity index (χ3v) is 5.84. The summed E-state index contributed by atoms with van der Waals surface area (Å²) in [4.78, 5) is 28.3. The van der Waals surface area contributed by atoms with Gasteiger partial charge in [-0.25, -0.2) is 4.90 Å². The third kappa shape index (κ3) is 4.24. The highest BCUT2D eigenvalue weighted by molar-refractivity contribution is 7.11. The molecule has 0 saturated heterocycles. The Balaban J connectivity index is 1.70. The quantitative estimate of drug-likeness (QED) is 0.502. The predicted molar refractivity (Wildman–Crippen MR) is 116 cm³/mol. The summed E-state index contributed by atoms with van der Waals surface area (Å²) in [6.07, 6.45) is -4.80. The number of carbonyl (C=O) groups excluding carboxylic acids is 2. The van der Waals surface area contributed by atoms with Gasteiger partial charge in [0, 0.05) is 10.6 Å². The number of nitrogens with zero attached hydrogens (tertiary/aromatic N) is 1. The molecule has 4 rings (SSSR count). The van der Waals surface area contributed by atoms with E-state index >= 15 is 0 Å². The van der Waals surface area contributed by atoms with Crippen LogP contribution in [0, 0.1) is 13.8 Å². The summed E-state index contributed by atoms with van der Waals surface area (Å²) in [6.45, 7) is 3.82. The second-order valence-electron chi connectivity index (χ2n) is 7.14. The molecule has 0 fully saturated rings. The smallest absolute Gasteiger partial charge is 0.406 e. The van der Waals surface area contributed by atoms with Gasteiger partial charge in [0.15, 0.2) is 0 Å². The number of anilines is 2. The number of carbonyl (C=O) groups is 2. The summed E-state index contributed by atoms with van der Waals surface area (Å²) < 4.78 is 41.1. The summed E-state index contributed by atoms with van der Waals surface area (Å²) in [7, 11) is 0. The Kier molecular flexibility index (Phi) is 5.52. The van der Waals surface area contributed by atoms with Crippen LogP contribution in [0.2, 0.25) is 0 Å². The van der Waals surface area contributed by atoms with Gasteiger partial charge >= 0.3 is 6.36 Å². The molecule has 2 amide bonds. The second-order valence-corrected chi connectivity index (χ2v) is 8.09. The topological polar surface area (TPSA) is 58.6 Å². The van der Waals surface area contributed by atoms with E-state index in [2.05, 4.69) is 10.1 Å². The number of alkyl halides is 3. The minimum absolute atomic E-state index is 0.0557. The zero-order valence-electron chi connectivity index (χ0n) is 17.0. The first kappa shape index (κ1) is 21.6. The first-order valence-electron chi connectivity index (χ1n) is 9.51. The van der Waals surface area contributed by atoms with E-state index in [1.807, 2.05) is 19.9 Å². The van der Waals surface area contributed by atoms with E-state index in [1.54, 1.807) is 29.6 Å². The van der Waals surface area contributed by atoms with Crippen molar-refractivity contribution in [1.82, 2.24) is 0 Å². The van der Waals surface area contributed by atoms with Gasteiger partial charge in [0.2, 0.25) is 0 Å². The average Bonchev–Trinajstić information content (AvgIpc) is 3.32. The lowest BCUT2D eigenvalue weighted by atomic mass is 10.1. The van der Waals surface area contributed by atoms with Gasteiger partial charge in [-0.3, -0.25) is 9.59 Å². The number of halogens is 3. The van der Waals surface area contributed by atoms with Crippen LogP contribution in [0.5, 0.6) is 5.75 Å². The molecule has 0 atom stereocenters. The molecule has 1 aliphatic heterocycles. The molecule has 32 heavy (non-hydrogen) atoms. The van der Waals surface area contributed by atoms with Crippen LogP contribution >= 0.6 is 11.3 Å². The molecular formula is C23H17F3N2O3S. The van der Waals surface area contributed by atoms with E-state index in [-0.39, 0.29) is 17.0 Å². The van der Waals surface area contributed by atoms with Crippen LogP contribution in [0.1, 0.15) is 16.0 Å². The lowest BCUT2D eigenvalue weighted by Gasteiger charge is -2.17. The molecule has 0 radical (unpaired) electrons. The number of hydrogen-bond acceptors (Lipinski definition) is 5. The number of ether oxygens (including phenoxy) is 1. The molecule has 0 unspecified atom stereocenters. The maximum absolute atomic E-state index is 13.3. The van der Waals surface area contributed by atoms with Gasteiger partial charge in [-0.05, 0) is 72.8 Å². The molecule has 1 N–H and O–H groups in total. The summed E-state index contributed by atoms with van der Waals surface area (Å²) in [5.74, 6) is -1.40. The molecule has 0 spiro atoms. The molecule has 9 heteroatoms. The largest absolute Gasteiger partial charge is 0.573 e. The van der Waals surface area contributed by atoms with E-state index in [4.69, 9.17) is 0 Å². The lowest BCUT2D eigenvalue weighted by Crippen LogP contribution is -2.32. The number of amides is 2. The Bertz CT molecular complexity index is 1220. The number of thiophene rings is 1. The third-order valence-electron chi connectivity index (χ3n) is 4.96. The van der Waals surface area contributed by atoms with Crippen LogP contribution in [0.4, 0.5) is 24.5 Å². The number of hydrogen-bond donors (Lipinski definition) is 1. The number of imide groups is 1. The molecular weight excluding hydrogens is 441 g/mol. The number of rotatable bonds is 5. The predicted octanol–water partition coefficient (Wildman–Crippen LogP) is 5.66. The van der Waals surface area contributed by atoms with Crippen molar-refractivity contribution in [3.05, 3.63) is 81.7 Å². The molecule has 1 aliphatic rings. The fourth-order valence-corrected chi connectivity index (χ4v) is 4.05. The molecule has 0 bridgehead atoms. The van der Waals surface area contributed by atoms with E-state index in [1.165, 1.54) is 23.5 Å². The highest BCUT2D eigenvalue weighted by atomic mass is 32.1. The zero-order chi connectivity index (χ0) is 23.0. The van der Waals surface area contributed by atoms with Gasteiger partial charge in [0.1, 0.15) is 11.4 Å². The molecule has 2 aromatic carbocycles. The van der Waals surface area contributed by atoms with E-state index in [0.717, 1.165) is 28.2 Å². The Morgan fingerprint density at radius 1 is 0.938 bits per heavy atom. The average molecular weight is 458 g/mol. The van der Waals surface area contributed by atoms with Crippen LogP contribution in [0.15, 0.2) is 65.7 Å². The second kappa shape index (κ2) is 8.16. The lowest BCUT2D eigenvalue weighted by molar-refractivity contribution is -0.274. The Hall–Kier alpha value is -3.59. The Morgan fingerprint density at radius 3 is 2.25 bits per heavy atom. The van der Waals surface area contributed by atoms with Crippen molar-refractivity contribution in [2.45, 2.75) is 20.2 Å².